The van der Waals surface area contributed by atoms with Crippen LogP contribution in [-0.4, -0.2) is 28.4 Å². The third kappa shape index (κ3) is 4.29. The van der Waals surface area contributed by atoms with Crippen LogP contribution in [0.2, 0.25) is 0 Å². The predicted molar refractivity (Wildman–Crippen MR) is 128 cm³/mol. The summed E-state index contributed by atoms with van der Waals surface area (Å²) >= 11 is 0. The number of sulfonamides is 1. The number of ketones is 1. The van der Waals surface area contributed by atoms with Gasteiger partial charge in [0.15, 0.2) is 16.4 Å². The van der Waals surface area contributed by atoms with Gasteiger partial charge in [-0.05, 0) is 36.8 Å². The Morgan fingerprint density at radius 3 is 2.33 bits per heavy atom. The van der Waals surface area contributed by atoms with Gasteiger partial charge in [-0.15, -0.1) is 0 Å². The Bertz CT molecular complexity index is 1330. The zero-order chi connectivity index (χ0) is 23.6. The van der Waals surface area contributed by atoms with Gasteiger partial charge in [-0.2, -0.15) is 0 Å². The van der Waals surface area contributed by atoms with Crippen LogP contribution < -0.4 is 19.1 Å². The van der Waals surface area contributed by atoms with Crippen LogP contribution in [0.1, 0.15) is 21.5 Å². The van der Waals surface area contributed by atoms with Gasteiger partial charge in [0.25, 0.3) is 10.0 Å². The molecular formula is C25H24N2O5S. The Balaban J connectivity index is 1.74. The van der Waals surface area contributed by atoms with Crippen LogP contribution >= 0.6 is 0 Å². The van der Waals surface area contributed by atoms with Gasteiger partial charge < -0.3 is 14.8 Å². The lowest BCUT2D eigenvalue weighted by atomic mass is 10.1. The molecule has 0 bridgehead atoms. The lowest BCUT2D eigenvalue weighted by Gasteiger charge is -2.31. The van der Waals surface area contributed by atoms with Crippen LogP contribution in [0.25, 0.3) is 0 Å². The highest BCUT2D eigenvalue weighted by molar-refractivity contribution is 7.97. The number of para-hydroxylation sites is 1. The average Bonchev–Trinajstić information content (AvgIpc) is 2.82. The number of benzene rings is 3. The second-order valence-electron chi connectivity index (χ2n) is 7.57. The second-order valence-corrected chi connectivity index (χ2v) is 9.40. The molecule has 0 spiro atoms. The highest BCUT2D eigenvalue weighted by Gasteiger charge is 2.40. The zero-order valence-corrected chi connectivity index (χ0v) is 19.3. The van der Waals surface area contributed by atoms with Crippen LogP contribution in [0.15, 0.2) is 77.8 Å². The highest BCUT2D eigenvalue weighted by Crippen LogP contribution is 2.36. The van der Waals surface area contributed by atoms with Crippen molar-refractivity contribution >= 4 is 27.2 Å². The van der Waals surface area contributed by atoms with E-state index in [2.05, 4.69) is 5.32 Å². The van der Waals surface area contributed by atoms with Crippen LogP contribution in [0.4, 0.5) is 11.4 Å². The molecule has 0 aromatic heterocycles. The van der Waals surface area contributed by atoms with E-state index in [1.54, 1.807) is 42.5 Å². The summed E-state index contributed by atoms with van der Waals surface area (Å²) in [6, 6.07) is 19.4. The van der Waals surface area contributed by atoms with Crippen molar-refractivity contribution in [1.29, 1.82) is 0 Å². The molecule has 0 radical (unpaired) electrons. The molecule has 0 unspecified atom stereocenters. The molecule has 33 heavy (non-hydrogen) atoms. The number of carbonyl (C=O) groups excluding carboxylic acids is 1. The van der Waals surface area contributed by atoms with Gasteiger partial charge >= 0.3 is 0 Å². The van der Waals surface area contributed by atoms with Crippen molar-refractivity contribution in [2.45, 2.75) is 13.5 Å². The van der Waals surface area contributed by atoms with E-state index in [0.717, 1.165) is 11.1 Å². The number of carbonyl (C=O) groups is 1. The molecule has 0 aliphatic carbocycles. The van der Waals surface area contributed by atoms with Gasteiger partial charge in [0.05, 0.1) is 26.5 Å². The number of ether oxygens (including phenoxy) is 2. The van der Waals surface area contributed by atoms with Crippen molar-refractivity contribution < 1.29 is 22.7 Å². The summed E-state index contributed by atoms with van der Waals surface area (Å²) in [4.78, 5) is 12.8. The molecule has 1 N–H and O–H groups in total. The Kier molecular flexibility index (Phi) is 6.11. The molecule has 3 aromatic rings. The maximum atomic E-state index is 13.6. The van der Waals surface area contributed by atoms with E-state index in [-0.39, 0.29) is 11.4 Å². The quantitative estimate of drug-likeness (QED) is 0.541. The number of aryl methyl sites for hydroxylation is 1. The number of nitrogens with zero attached hydrogens (tertiary/aromatic N) is 1. The molecule has 1 aliphatic rings. The minimum absolute atomic E-state index is 0.112. The van der Waals surface area contributed by atoms with Crippen LogP contribution in [0.5, 0.6) is 11.5 Å². The standard InChI is InChI=1S/C25H24N2O5S/c1-17-8-10-18(11-9-17)16-27-21-7-5-4-6-20(21)25(28)24(33(27,29)30)15-26-19-12-13-22(31-2)23(14-19)32-3/h4-15,26H,16H2,1-3H3. The summed E-state index contributed by atoms with van der Waals surface area (Å²) in [6.07, 6.45) is 1.23. The van der Waals surface area contributed by atoms with Gasteiger partial charge in [0, 0.05) is 23.5 Å². The SMILES string of the molecule is COc1ccc(NC=C2C(=O)c3ccccc3N(Cc3ccc(C)cc3)S2(=O)=O)cc1OC. The fourth-order valence-electron chi connectivity index (χ4n) is 3.63. The Morgan fingerprint density at radius 1 is 0.939 bits per heavy atom. The minimum Gasteiger partial charge on any atom is -0.493 e. The molecule has 3 aromatic carbocycles. The van der Waals surface area contributed by atoms with Crippen LogP contribution in [0.3, 0.4) is 0 Å². The maximum Gasteiger partial charge on any atom is 0.270 e. The highest BCUT2D eigenvalue weighted by atomic mass is 32.2. The number of fused-ring (bicyclic) bond motifs is 1. The van der Waals surface area contributed by atoms with E-state index in [9.17, 15) is 13.2 Å². The number of rotatable bonds is 6. The number of allylic oxidation sites excluding steroid dienone is 1. The summed E-state index contributed by atoms with van der Waals surface area (Å²) in [5.41, 5.74) is 3.15. The molecule has 1 aliphatic heterocycles. The molecule has 0 saturated carbocycles. The molecular weight excluding hydrogens is 440 g/mol. The summed E-state index contributed by atoms with van der Waals surface area (Å²) in [7, 11) is -1.07. The normalized spacial score (nSPS) is 15.8. The lowest BCUT2D eigenvalue weighted by Crippen LogP contribution is -2.39. The third-order valence-corrected chi connectivity index (χ3v) is 7.17. The molecule has 0 atom stereocenters. The number of hydrogen-bond donors (Lipinski definition) is 1. The molecule has 0 fully saturated rings. The first-order chi connectivity index (χ1) is 15.8. The van der Waals surface area contributed by atoms with Crippen LogP contribution in [-0.2, 0) is 16.6 Å². The molecule has 7 nitrogen and oxygen atoms in total. The first kappa shape index (κ1) is 22.4. The van der Waals surface area contributed by atoms with Crippen LogP contribution in [0, 0.1) is 6.92 Å². The maximum absolute atomic E-state index is 13.6. The van der Waals surface area contributed by atoms with Crippen molar-refractivity contribution in [3.05, 3.63) is 94.5 Å². The van der Waals surface area contributed by atoms with E-state index in [4.69, 9.17) is 9.47 Å². The fraction of sp³-hybridized carbons (Fsp3) is 0.160. The number of methoxy groups -OCH3 is 2. The van der Waals surface area contributed by atoms with Gasteiger partial charge in [-0.25, -0.2) is 8.42 Å². The number of hydrogen-bond acceptors (Lipinski definition) is 6. The van der Waals surface area contributed by atoms with Gasteiger partial charge in [0.2, 0.25) is 5.78 Å². The topological polar surface area (TPSA) is 84.9 Å². The molecule has 8 heteroatoms. The van der Waals surface area contributed by atoms with Crippen molar-refractivity contribution in [3.63, 3.8) is 0 Å². The van der Waals surface area contributed by atoms with Gasteiger partial charge in [-0.1, -0.05) is 42.0 Å². The van der Waals surface area contributed by atoms with Gasteiger partial charge in [-0.3, -0.25) is 9.10 Å². The van der Waals surface area contributed by atoms with Crippen molar-refractivity contribution in [2.75, 3.05) is 23.8 Å². The molecule has 0 amide bonds. The first-order valence-electron chi connectivity index (χ1n) is 10.3. The monoisotopic (exact) mass is 464 g/mol. The lowest BCUT2D eigenvalue weighted by molar-refractivity contribution is 0.104. The molecule has 0 saturated heterocycles. The van der Waals surface area contributed by atoms with E-state index < -0.39 is 15.8 Å². The smallest absolute Gasteiger partial charge is 0.270 e. The Hall–Kier alpha value is -3.78. The van der Waals surface area contributed by atoms with E-state index in [1.807, 2.05) is 31.2 Å². The first-order valence-corrected chi connectivity index (χ1v) is 11.7. The van der Waals surface area contributed by atoms with Crippen molar-refractivity contribution in [3.8, 4) is 11.5 Å². The fourth-order valence-corrected chi connectivity index (χ4v) is 5.15. The second kappa shape index (κ2) is 8.99. The molecule has 170 valence electrons. The van der Waals surface area contributed by atoms with Crippen molar-refractivity contribution in [2.24, 2.45) is 0 Å². The number of anilines is 2. The zero-order valence-electron chi connectivity index (χ0n) is 18.5. The molecule has 4 rings (SSSR count). The van der Waals surface area contributed by atoms with Crippen molar-refractivity contribution in [1.82, 2.24) is 0 Å². The van der Waals surface area contributed by atoms with E-state index >= 15 is 0 Å². The Morgan fingerprint density at radius 2 is 1.64 bits per heavy atom. The summed E-state index contributed by atoms with van der Waals surface area (Å²) in [5, 5.41) is 2.92. The predicted octanol–water partition coefficient (Wildman–Crippen LogP) is 4.50. The molecule has 1 heterocycles. The summed E-state index contributed by atoms with van der Waals surface area (Å²) < 4.78 is 38.9. The van der Waals surface area contributed by atoms with E-state index in [0.29, 0.717) is 28.4 Å². The average molecular weight is 465 g/mol. The summed E-state index contributed by atoms with van der Waals surface area (Å²) in [6.45, 7) is 2.08. The Labute approximate surface area is 193 Å². The van der Waals surface area contributed by atoms with E-state index in [1.165, 1.54) is 24.7 Å². The third-order valence-electron chi connectivity index (χ3n) is 5.41. The minimum atomic E-state index is -4.11. The number of nitrogens with one attached hydrogen (secondary N) is 1. The number of Topliss-reactive ketones (excluding diaryl/α,β-unsaturated/α-hetero) is 1. The summed E-state index contributed by atoms with van der Waals surface area (Å²) in [5.74, 6) is 0.457. The largest absolute Gasteiger partial charge is 0.493 e. The van der Waals surface area contributed by atoms with Gasteiger partial charge in [0.1, 0.15) is 0 Å².